The minimum absolute atomic E-state index is 0.00860. The molecule has 0 saturated carbocycles. The van der Waals surface area contributed by atoms with Gasteiger partial charge in [-0.15, -0.1) is 0 Å². The van der Waals surface area contributed by atoms with Crippen molar-refractivity contribution >= 4 is 17.5 Å². The maximum absolute atomic E-state index is 12.3. The summed E-state index contributed by atoms with van der Waals surface area (Å²) in [7, 11) is 0. The van der Waals surface area contributed by atoms with Gasteiger partial charge in [-0.1, -0.05) is 31.5 Å². The van der Waals surface area contributed by atoms with Crippen LogP contribution in [0, 0.1) is 12.8 Å². The maximum atomic E-state index is 12.3. The van der Waals surface area contributed by atoms with Crippen molar-refractivity contribution in [2.24, 2.45) is 5.92 Å². The summed E-state index contributed by atoms with van der Waals surface area (Å²) < 4.78 is 0. The van der Waals surface area contributed by atoms with Crippen molar-refractivity contribution in [3.05, 3.63) is 51.9 Å². The Hall–Kier alpha value is -2.87. The molecular weight excluding hydrogens is 404 g/mol. The zero-order chi connectivity index (χ0) is 22.7. The second kappa shape index (κ2) is 9.73. The fourth-order valence-corrected chi connectivity index (χ4v) is 4.38. The van der Waals surface area contributed by atoms with Crippen LogP contribution in [0.3, 0.4) is 0 Å². The van der Waals surface area contributed by atoms with E-state index in [0.29, 0.717) is 38.7 Å². The Morgan fingerprint density at radius 3 is 2.22 bits per heavy atom. The normalized spacial score (nSPS) is 17.8. The third-order valence-electron chi connectivity index (χ3n) is 6.32. The highest BCUT2D eigenvalue weighted by molar-refractivity contribution is 5.78. The Bertz CT molecular complexity index is 971. The minimum Gasteiger partial charge on any atom is -0.369 e. The smallest absolute Gasteiger partial charge is 0.252 e. The highest BCUT2D eigenvalue weighted by Gasteiger charge is 2.24. The van der Waals surface area contributed by atoms with Crippen molar-refractivity contribution in [2.75, 3.05) is 62.2 Å². The number of piperazine rings is 2. The Morgan fingerprint density at radius 1 is 0.969 bits per heavy atom. The summed E-state index contributed by atoms with van der Waals surface area (Å²) in [5.74, 6) is 0.807. The van der Waals surface area contributed by atoms with E-state index < -0.39 is 0 Å². The summed E-state index contributed by atoms with van der Waals surface area (Å²) >= 11 is 0. The van der Waals surface area contributed by atoms with Crippen LogP contribution in [0.5, 0.6) is 0 Å². The van der Waals surface area contributed by atoms with E-state index in [9.17, 15) is 9.59 Å². The summed E-state index contributed by atoms with van der Waals surface area (Å²) in [6.45, 7) is 13.1. The first-order valence-electron chi connectivity index (χ1n) is 11.6. The summed E-state index contributed by atoms with van der Waals surface area (Å²) in [6.07, 6.45) is 0. The van der Waals surface area contributed by atoms with Crippen LogP contribution in [0.4, 0.5) is 11.6 Å². The van der Waals surface area contributed by atoms with Gasteiger partial charge >= 0.3 is 0 Å². The lowest BCUT2D eigenvalue weighted by molar-refractivity contribution is -0.134. The highest BCUT2D eigenvalue weighted by atomic mass is 16.2. The average molecular weight is 439 g/mol. The zero-order valence-corrected chi connectivity index (χ0v) is 19.4. The molecule has 2 aromatic rings. The standard InChI is InChI=1S/C24H34N6O2/c1-18(2)23(32)29-12-14-30(15-13-29)24-25-20(16-22(31)26-24)17-27-8-10-28(11-9-27)21-6-4-19(3)5-7-21/h4-7,16,18H,8-15,17H2,1-3H3,(H,25,26,31). The number of aromatic amines is 1. The number of carbonyl (C=O) groups is 1. The molecule has 3 heterocycles. The van der Waals surface area contributed by atoms with Gasteiger partial charge in [-0.05, 0) is 19.1 Å². The molecule has 2 saturated heterocycles. The van der Waals surface area contributed by atoms with Crippen LogP contribution in [-0.2, 0) is 11.3 Å². The molecule has 0 bridgehead atoms. The number of amides is 1. The number of aryl methyl sites for hydroxylation is 1. The molecule has 2 aliphatic rings. The quantitative estimate of drug-likeness (QED) is 0.766. The third-order valence-corrected chi connectivity index (χ3v) is 6.32. The van der Waals surface area contributed by atoms with Gasteiger partial charge in [-0.3, -0.25) is 19.5 Å². The van der Waals surface area contributed by atoms with Crippen molar-refractivity contribution in [2.45, 2.75) is 27.3 Å². The first kappa shape index (κ1) is 22.3. The molecule has 0 spiro atoms. The van der Waals surface area contributed by atoms with Gasteiger partial charge in [0, 0.05) is 76.6 Å². The van der Waals surface area contributed by atoms with E-state index in [-0.39, 0.29) is 17.4 Å². The fourth-order valence-electron chi connectivity index (χ4n) is 4.38. The van der Waals surface area contributed by atoms with Crippen molar-refractivity contribution in [1.82, 2.24) is 19.8 Å². The Labute approximate surface area is 189 Å². The van der Waals surface area contributed by atoms with Crippen LogP contribution in [0.1, 0.15) is 25.1 Å². The van der Waals surface area contributed by atoms with Gasteiger partial charge < -0.3 is 14.7 Å². The van der Waals surface area contributed by atoms with Gasteiger partial charge in [-0.25, -0.2) is 4.98 Å². The van der Waals surface area contributed by atoms with E-state index in [4.69, 9.17) is 4.98 Å². The number of hydrogen-bond acceptors (Lipinski definition) is 6. The van der Waals surface area contributed by atoms with Gasteiger partial charge in [0.2, 0.25) is 11.9 Å². The van der Waals surface area contributed by atoms with E-state index in [2.05, 4.69) is 50.9 Å². The predicted octanol–water partition coefficient (Wildman–Crippen LogP) is 1.71. The summed E-state index contributed by atoms with van der Waals surface area (Å²) in [4.78, 5) is 40.9. The van der Waals surface area contributed by atoms with E-state index in [1.807, 2.05) is 18.7 Å². The molecule has 0 unspecified atom stereocenters. The first-order chi connectivity index (χ1) is 15.4. The molecule has 0 radical (unpaired) electrons. The second-order valence-electron chi connectivity index (χ2n) is 9.13. The van der Waals surface area contributed by atoms with E-state index in [0.717, 1.165) is 31.9 Å². The molecule has 2 fully saturated rings. The molecular formula is C24H34N6O2. The van der Waals surface area contributed by atoms with Crippen molar-refractivity contribution in [3.63, 3.8) is 0 Å². The van der Waals surface area contributed by atoms with E-state index >= 15 is 0 Å². The topological polar surface area (TPSA) is 75.8 Å². The molecule has 1 aromatic carbocycles. The molecule has 8 heteroatoms. The van der Waals surface area contributed by atoms with E-state index in [1.54, 1.807) is 6.07 Å². The highest BCUT2D eigenvalue weighted by Crippen LogP contribution is 2.18. The number of aromatic nitrogens is 2. The number of rotatable bonds is 5. The Morgan fingerprint density at radius 2 is 1.59 bits per heavy atom. The molecule has 0 atom stereocenters. The number of H-pyrrole nitrogens is 1. The largest absolute Gasteiger partial charge is 0.369 e. The molecule has 0 aliphatic carbocycles. The van der Waals surface area contributed by atoms with Gasteiger partial charge in [0.1, 0.15) is 0 Å². The molecule has 1 aromatic heterocycles. The average Bonchev–Trinajstić information content (AvgIpc) is 2.79. The molecule has 1 amide bonds. The number of nitrogens with one attached hydrogen (secondary N) is 1. The van der Waals surface area contributed by atoms with Crippen LogP contribution in [0.25, 0.3) is 0 Å². The molecule has 4 rings (SSSR count). The van der Waals surface area contributed by atoms with Gasteiger partial charge in [-0.2, -0.15) is 0 Å². The molecule has 1 N–H and O–H groups in total. The van der Waals surface area contributed by atoms with Crippen LogP contribution < -0.4 is 15.4 Å². The van der Waals surface area contributed by atoms with Gasteiger partial charge in [0.15, 0.2) is 0 Å². The lowest BCUT2D eigenvalue weighted by Gasteiger charge is -2.37. The summed E-state index contributed by atoms with van der Waals surface area (Å²) in [6, 6.07) is 10.3. The lowest BCUT2D eigenvalue weighted by atomic mass is 10.1. The Kier molecular flexibility index (Phi) is 6.79. The molecule has 172 valence electrons. The summed E-state index contributed by atoms with van der Waals surface area (Å²) in [5, 5.41) is 0. The van der Waals surface area contributed by atoms with Crippen LogP contribution in [0.2, 0.25) is 0 Å². The van der Waals surface area contributed by atoms with Gasteiger partial charge in [0.25, 0.3) is 5.56 Å². The maximum Gasteiger partial charge on any atom is 0.252 e. The molecule has 8 nitrogen and oxygen atoms in total. The number of benzene rings is 1. The molecule has 2 aliphatic heterocycles. The number of hydrogen-bond donors (Lipinski definition) is 1. The number of anilines is 2. The van der Waals surface area contributed by atoms with Gasteiger partial charge in [0.05, 0.1) is 5.69 Å². The van der Waals surface area contributed by atoms with Crippen molar-refractivity contribution < 1.29 is 4.79 Å². The number of carbonyl (C=O) groups excluding carboxylic acids is 1. The predicted molar refractivity (Wildman–Crippen MR) is 127 cm³/mol. The number of nitrogens with zero attached hydrogens (tertiary/aromatic N) is 5. The van der Waals surface area contributed by atoms with Crippen molar-refractivity contribution in [1.29, 1.82) is 0 Å². The fraction of sp³-hybridized carbons (Fsp3) is 0.542. The minimum atomic E-state index is -0.121. The Balaban J connectivity index is 1.34. The molecule has 32 heavy (non-hydrogen) atoms. The second-order valence-corrected chi connectivity index (χ2v) is 9.13. The SMILES string of the molecule is Cc1ccc(N2CCN(Cc3cc(=O)[nH]c(N4CCN(C(=O)C(C)C)CC4)n3)CC2)cc1. The van der Waals surface area contributed by atoms with Crippen molar-refractivity contribution in [3.8, 4) is 0 Å². The zero-order valence-electron chi connectivity index (χ0n) is 19.4. The first-order valence-corrected chi connectivity index (χ1v) is 11.6. The lowest BCUT2D eigenvalue weighted by Crippen LogP contribution is -2.50. The van der Waals surface area contributed by atoms with Crippen LogP contribution >= 0.6 is 0 Å². The van der Waals surface area contributed by atoms with Crippen LogP contribution in [-0.4, -0.2) is 78.0 Å². The third kappa shape index (κ3) is 5.30. The summed E-state index contributed by atoms with van der Waals surface area (Å²) in [5.41, 5.74) is 3.22. The van der Waals surface area contributed by atoms with Crippen LogP contribution in [0.15, 0.2) is 35.1 Å². The van der Waals surface area contributed by atoms with E-state index in [1.165, 1.54) is 11.3 Å². The monoisotopic (exact) mass is 438 g/mol.